The number of hydrogen-bond acceptors (Lipinski definition) is 3. The van der Waals surface area contributed by atoms with Crippen molar-refractivity contribution in [1.29, 1.82) is 0 Å². The van der Waals surface area contributed by atoms with Crippen molar-refractivity contribution in [3.8, 4) is 0 Å². The van der Waals surface area contributed by atoms with Crippen LogP contribution in [0.3, 0.4) is 0 Å². The van der Waals surface area contributed by atoms with Crippen molar-refractivity contribution in [2.45, 2.75) is 17.9 Å². The summed E-state index contributed by atoms with van der Waals surface area (Å²) in [6, 6.07) is 23.1. The summed E-state index contributed by atoms with van der Waals surface area (Å²) in [7, 11) is -3.60. The molecule has 3 aromatic carbocycles. The van der Waals surface area contributed by atoms with E-state index in [0.717, 1.165) is 5.56 Å². The number of carbonyl (C=O) groups excluding carboxylic acids is 1. The number of benzene rings is 3. The Morgan fingerprint density at radius 2 is 1.46 bits per heavy atom. The van der Waals surface area contributed by atoms with Crippen LogP contribution in [-0.4, -0.2) is 25.2 Å². The van der Waals surface area contributed by atoms with Gasteiger partial charge < -0.3 is 5.32 Å². The second kappa shape index (κ2) is 7.58. The van der Waals surface area contributed by atoms with Gasteiger partial charge in [-0.3, -0.25) is 4.79 Å². The molecule has 0 atom stereocenters. The number of fused-ring (bicyclic) bond motifs is 1. The molecule has 0 aliphatic carbocycles. The number of hydrogen-bond donors (Lipinski definition) is 1. The highest BCUT2D eigenvalue weighted by Gasteiger charge is 2.28. The lowest BCUT2D eigenvalue weighted by Crippen LogP contribution is -2.35. The smallest absolute Gasteiger partial charge is 0.255 e. The number of para-hydroxylation sites is 1. The fourth-order valence-corrected chi connectivity index (χ4v) is 4.75. The standard InChI is InChI=1S/C22H20N2O3S/c25-22(23-20-8-2-1-3-9-20)18-10-12-21(13-11-18)28(26,27)24-15-14-17-6-4-5-7-19(17)16-24/h1-13H,14-16H2,(H,23,25). The summed E-state index contributed by atoms with van der Waals surface area (Å²) in [6.45, 7) is 0.824. The van der Waals surface area contributed by atoms with Gasteiger partial charge in [-0.05, 0) is 53.9 Å². The second-order valence-corrected chi connectivity index (χ2v) is 8.64. The Morgan fingerprint density at radius 3 is 2.18 bits per heavy atom. The maximum absolute atomic E-state index is 13.0. The predicted molar refractivity (Wildman–Crippen MR) is 109 cm³/mol. The zero-order valence-electron chi connectivity index (χ0n) is 15.2. The van der Waals surface area contributed by atoms with E-state index >= 15 is 0 Å². The predicted octanol–water partition coefficient (Wildman–Crippen LogP) is 3.69. The van der Waals surface area contributed by atoms with E-state index in [-0.39, 0.29) is 10.8 Å². The lowest BCUT2D eigenvalue weighted by molar-refractivity contribution is 0.102. The minimum absolute atomic E-state index is 0.197. The van der Waals surface area contributed by atoms with Crippen molar-refractivity contribution >= 4 is 21.6 Å². The number of nitrogens with one attached hydrogen (secondary N) is 1. The molecule has 0 aromatic heterocycles. The van der Waals surface area contributed by atoms with Crippen LogP contribution in [0, 0.1) is 0 Å². The highest BCUT2D eigenvalue weighted by atomic mass is 32.2. The van der Waals surface area contributed by atoms with E-state index in [1.807, 2.05) is 42.5 Å². The first-order valence-corrected chi connectivity index (χ1v) is 10.5. The molecule has 0 saturated heterocycles. The van der Waals surface area contributed by atoms with Crippen LogP contribution in [0.1, 0.15) is 21.5 Å². The Balaban J connectivity index is 1.51. The van der Waals surface area contributed by atoms with Gasteiger partial charge in [0.15, 0.2) is 0 Å². The van der Waals surface area contributed by atoms with E-state index < -0.39 is 10.0 Å². The molecule has 1 aliphatic heterocycles. The molecule has 142 valence electrons. The molecule has 0 spiro atoms. The quantitative estimate of drug-likeness (QED) is 0.736. The summed E-state index contributed by atoms with van der Waals surface area (Å²) in [5.74, 6) is -0.276. The first kappa shape index (κ1) is 18.4. The highest BCUT2D eigenvalue weighted by Crippen LogP contribution is 2.25. The van der Waals surface area contributed by atoms with Crippen molar-refractivity contribution in [1.82, 2.24) is 4.31 Å². The average Bonchev–Trinajstić information content (AvgIpc) is 2.74. The lowest BCUT2D eigenvalue weighted by atomic mass is 10.0. The third-order valence-corrected chi connectivity index (χ3v) is 6.74. The Bertz CT molecular complexity index is 1090. The second-order valence-electron chi connectivity index (χ2n) is 6.70. The molecule has 1 N–H and O–H groups in total. The van der Waals surface area contributed by atoms with Gasteiger partial charge in [0.2, 0.25) is 10.0 Å². The van der Waals surface area contributed by atoms with Gasteiger partial charge in [0.1, 0.15) is 0 Å². The molecule has 0 saturated carbocycles. The monoisotopic (exact) mass is 392 g/mol. The fourth-order valence-electron chi connectivity index (χ4n) is 3.33. The van der Waals surface area contributed by atoms with Crippen molar-refractivity contribution in [2.24, 2.45) is 0 Å². The number of sulfonamides is 1. The lowest BCUT2D eigenvalue weighted by Gasteiger charge is -2.28. The maximum Gasteiger partial charge on any atom is 0.255 e. The number of amides is 1. The van der Waals surface area contributed by atoms with Crippen molar-refractivity contribution in [3.05, 3.63) is 95.6 Å². The molecule has 28 heavy (non-hydrogen) atoms. The van der Waals surface area contributed by atoms with E-state index in [0.29, 0.717) is 30.8 Å². The minimum Gasteiger partial charge on any atom is -0.322 e. The first-order chi connectivity index (χ1) is 13.5. The molecular formula is C22H20N2O3S. The van der Waals surface area contributed by atoms with Crippen molar-refractivity contribution < 1.29 is 13.2 Å². The summed E-state index contributed by atoms with van der Waals surface area (Å²) < 4.78 is 27.5. The van der Waals surface area contributed by atoms with Crippen LogP contribution in [-0.2, 0) is 23.0 Å². The third kappa shape index (κ3) is 3.69. The highest BCUT2D eigenvalue weighted by molar-refractivity contribution is 7.89. The van der Waals surface area contributed by atoms with E-state index in [4.69, 9.17) is 0 Å². The summed E-state index contributed by atoms with van der Waals surface area (Å²) >= 11 is 0. The van der Waals surface area contributed by atoms with Gasteiger partial charge in [0.05, 0.1) is 4.90 Å². The zero-order chi connectivity index (χ0) is 19.6. The molecule has 0 radical (unpaired) electrons. The largest absolute Gasteiger partial charge is 0.322 e. The molecule has 4 rings (SSSR count). The van der Waals surface area contributed by atoms with Gasteiger partial charge in [-0.1, -0.05) is 42.5 Å². The van der Waals surface area contributed by atoms with Crippen LogP contribution in [0.25, 0.3) is 0 Å². The summed E-state index contributed by atoms with van der Waals surface area (Å²) in [5.41, 5.74) is 3.33. The summed E-state index contributed by atoms with van der Waals surface area (Å²) in [4.78, 5) is 12.5. The Morgan fingerprint density at radius 1 is 0.821 bits per heavy atom. The molecule has 0 bridgehead atoms. The molecule has 6 heteroatoms. The topological polar surface area (TPSA) is 66.5 Å². The third-order valence-electron chi connectivity index (χ3n) is 4.88. The van der Waals surface area contributed by atoms with Crippen LogP contribution in [0.15, 0.2) is 83.8 Å². The van der Waals surface area contributed by atoms with Crippen LogP contribution in [0.5, 0.6) is 0 Å². The normalized spacial score (nSPS) is 14.3. The van der Waals surface area contributed by atoms with E-state index in [2.05, 4.69) is 5.32 Å². The molecule has 1 amide bonds. The first-order valence-electron chi connectivity index (χ1n) is 9.07. The van der Waals surface area contributed by atoms with Crippen molar-refractivity contribution in [2.75, 3.05) is 11.9 Å². The van der Waals surface area contributed by atoms with E-state index in [9.17, 15) is 13.2 Å². The average molecular weight is 392 g/mol. The van der Waals surface area contributed by atoms with Gasteiger partial charge in [-0.2, -0.15) is 4.31 Å². The molecular weight excluding hydrogens is 372 g/mol. The zero-order valence-corrected chi connectivity index (χ0v) is 16.0. The maximum atomic E-state index is 13.0. The number of carbonyl (C=O) groups is 1. The Labute approximate surface area is 164 Å². The molecule has 0 fully saturated rings. The molecule has 0 unspecified atom stereocenters. The summed E-state index contributed by atoms with van der Waals surface area (Å²) in [5, 5.41) is 2.79. The summed E-state index contributed by atoms with van der Waals surface area (Å²) in [6.07, 6.45) is 0.701. The molecule has 1 heterocycles. The SMILES string of the molecule is O=C(Nc1ccccc1)c1ccc(S(=O)(=O)N2CCc3ccccc3C2)cc1. The number of rotatable bonds is 4. The van der Waals surface area contributed by atoms with Gasteiger partial charge in [-0.25, -0.2) is 8.42 Å². The van der Waals surface area contributed by atoms with Crippen LogP contribution < -0.4 is 5.32 Å². The minimum atomic E-state index is -3.60. The molecule has 3 aromatic rings. The van der Waals surface area contributed by atoms with E-state index in [1.54, 1.807) is 24.3 Å². The van der Waals surface area contributed by atoms with Crippen LogP contribution in [0.2, 0.25) is 0 Å². The Hall–Kier alpha value is -2.96. The van der Waals surface area contributed by atoms with Gasteiger partial charge in [0.25, 0.3) is 5.91 Å². The van der Waals surface area contributed by atoms with Crippen LogP contribution in [0.4, 0.5) is 5.69 Å². The van der Waals surface area contributed by atoms with Crippen LogP contribution >= 0.6 is 0 Å². The Kier molecular flexibility index (Phi) is 4.98. The van der Waals surface area contributed by atoms with Crippen molar-refractivity contribution in [3.63, 3.8) is 0 Å². The number of nitrogens with zero attached hydrogens (tertiary/aromatic N) is 1. The van der Waals surface area contributed by atoms with Gasteiger partial charge in [-0.15, -0.1) is 0 Å². The fraction of sp³-hybridized carbons (Fsp3) is 0.136. The molecule has 5 nitrogen and oxygen atoms in total. The van der Waals surface area contributed by atoms with Gasteiger partial charge >= 0.3 is 0 Å². The van der Waals surface area contributed by atoms with E-state index in [1.165, 1.54) is 22.0 Å². The van der Waals surface area contributed by atoms with Gasteiger partial charge in [0, 0.05) is 24.3 Å². The number of anilines is 1. The molecule has 1 aliphatic rings.